The predicted molar refractivity (Wildman–Crippen MR) is 126 cm³/mol. The molecular formula is C27H27F2N5O2. The third-order valence-corrected chi connectivity index (χ3v) is 8.22. The van der Waals surface area contributed by atoms with E-state index in [2.05, 4.69) is 6.07 Å². The van der Waals surface area contributed by atoms with Gasteiger partial charge in [0, 0.05) is 25.2 Å². The average Bonchev–Trinajstić information content (AvgIpc) is 3.19. The highest BCUT2D eigenvalue weighted by atomic mass is 19.1. The standard InChI is InChI=1S/C27H27F2N5O2/c28-18-5-1-15(2-6-18)25(16-3-7-19(29)8-4-16)34-21-11-24(27(34)36)32(13-21)14-22(31)26(35)33-20(12-30)9-17-10-23(17)33/h1-8,17,20-25H,9-11,13-14,31H2/t17-,20+,21?,22+,23+,24-/m1/s1. The van der Waals surface area contributed by atoms with Crippen LogP contribution in [0.5, 0.6) is 0 Å². The summed E-state index contributed by atoms with van der Waals surface area (Å²) in [6, 6.07) is 12.2. The Balaban J connectivity index is 1.20. The number of nitriles is 1. The quantitative estimate of drug-likeness (QED) is 0.669. The molecule has 6 atom stereocenters. The van der Waals surface area contributed by atoms with Crippen LogP contribution in [0.4, 0.5) is 8.78 Å². The van der Waals surface area contributed by atoms with Crippen molar-refractivity contribution in [1.82, 2.24) is 14.7 Å². The SMILES string of the molecule is N#C[C@@H]1C[C@@H]2C[C@@H]2N1C(=O)[C@@H](N)CN1CC2C[C@@H]1C(=O)N2C(c1ccc(F)cc1)c1ccc(F)cc1. The summed E-state index contributed by atoms with van der Waals surface area (Å²) in [5.41, 5.74) is 7.81. The van der Waals surface area contributed by atoms with E-state index >= 15 is 0 Å². The number of amides is 2. The van der Waals surface area contributed by atoms with Crippen molar-refractivity contribution in [2.24, 2.45) is 11.7 Å². The maximum absolute atomic E-state index is 13.6. The number of nitrogens with two attached hydrogens (primary N) is 1. The Kier molecular flexibility index (Phi) is 5.54. The first-order valence-electron chi connectivity index (χ1n) is 12.4. The topological polar surface area (TPSA) is 93.7 Å². The molecule has 2 aromatic carbocycles. The summed E-state index contributed by atoms with van der Waals surface area (Å²) in [6.07, 6.45) is 2.26. The van der Waals surface area contributed by atoms with Crippen molar-refractivity contribution in [2.45, 2.75) is 55.5 Å². The molecule has 4 fully saturated rings. The minimum absolute atomic E-state index is 0.0807. The lowest BCUT2D eigenvalue weighted by Gasteiger charge is -2.40. The predicted octanol–water partition coefficient (Wildman–Crippen LogP) is 2.18. The van der Waals surface area contributed by atoms with Gasteiger partial charge in [-0.2, -0.15) is 5.26 Å². The fourth-order valence-corrected chi connectivity index (χ4v) is 6.44. The zero-order valence-electron chi connectivity index (χ0n) is 19.6. The lowest BCUT2D eigenvalue weighted by Crippen LogP contribution is -2.57. The average molecular weight is 492 g/mol. The summed E-state index contributed by atoms with van der Waals surface area (Å²) in [4.78, 5) is 32.2. The van der Waals surface area contributed by atoms with Crippen molar-refractivity contribution in [3.63, 3.8) is 0 Å². The van der Waals surface area contributed by atoms with Gasteiger partial charge < -0.3 is 15.5 Å². The van der Waals surface area contributed by atoms with Gasteiger partial charge >= 0.3 is 0 Å². The molecule has 3 heterocycles. The fraction of sp³-hybridized carbons (Fsp3) is 0.444. The number of likely N-dealkylation sites (tertiary alicyclic amines) is 3. The number of carbonyl (C=O) groups excluding carboxylic acids is 2. The Bertz CT molecular complexity index is 1180. The molecule has 0 spiro atoms. The summed E-state index contributed by atoms with van der Waals surface area (Å²) in [5, 5.41) is 9.42. The highest BCUT2D eigenvalue weighted by Crippen LogP contribution is 2.48. The van der Waals surface area contributed by atoms with Crippen LogP contribution in [0.15, 0.2) is 48.5 Å². The van der Waals surface area contributed by atoms with Crippen LogP contribution in [0.3, 0.4) is 0 Å². The molecule has 1 aliphatic carbocycles. The first kappa shape index (κ1) is 23.1. The first-order chi connectivity index (χ1) is 17.4. The van der Waals surface area contributed by atoms with Crippen LogP contribution in [0, 0.1) is 28.9 Å². The molecule has 9 heteroatoms. The summed E-state index contributed by atoms with van der Waals surface area (Å²) in [5.74, 6) is -0.620. The van der Waals surface area contributed by atoms with Crippen molar-refractivity contribution < 1.29 is 18.4 Å². The van der Waals surface area contributed by atoms with E-state index in [1.54, 1.807) is 29.2 Å². The number of hydrogen-bond donors (Lipinski definition) is 1. The van der Waals surface area contributed by atoms with E-state index in [0.717, 1.165) is 24.0 Å². The molecule has 2 N–H and O–H groups in total. The fourth-order valence-electron chi connectivity index (χ4n) is 6.44. The Morgan fingerprint density at radius 1 is 1.03 bits per heavy atom. The minimum Gasteiger partial charge on any atom is -0.326 e. The van der Waals surface area contributed by atoms with Gasteiger partial charge in [-0.25, -0.2) is 8.78 Å². The van der Waals surface area contributed by atoms with Gasteiger partial charge in [-0.15, -0.1) is 0 Å². The van der Waals surface area contributed by atoms with Crippen LogP contribution in [0.2, 0.25) is 0 Å². The molecule has 3 saturated heterocycles. The van der Waals surface area contributed by atoms with E-state index in [9.17, 15) is 23.6 Å². The lowest BCUT2D eigenvalue weighted by molar-refractivity contribution is -0.140. The van der Waals surface area contributed by atoms with Crippen molar-refractivity contribution in [2.75, 3.05) is 13.1 Å². The number of piperazine rings is 1. The van der Waals surface area contributed by atoms with E-state index in [4.69, 9.17) is 5.73 Å². The van der Waals surface area contributed by atoms with Crippen LogP contribution < -0.4 is 5.73 Å². The molecule has 186 valence electrons. The minimum atomic E-state index is -0.800. The first-order valence-corrected chi connectivity index (χ1v) is 12.4. The Labute approximate surface area is 208 Å². The second-order valence-corrected chi connectivity index (χ2v) is 10.4. The van der Waals surface area contributed by atoms with Crippen LogP contribution in [0.1, 0.15) is 36.4 Å². The zero-order valence-corrected chi connectivity index (χ0v) is 19.6. The highest BCUT2D eigenvalue weighted by Gasteiger charge is 2.56. The molecule has 2 aromatic rings. The summed E-state index contributed by atoms with van der Waals surface area (Å²) >= 11 is 0. The maximum atomic E-state index is 13.6. The van der Waals surface area contributed by atoms with Gasteiger partial charge in [0.25, 0.3) is 0 Å². The normalized spacial score (nSPS) is 29.5. The van der Waals surface area contributed by atoms with Gasteiger partial charge in [-0.3, -0.25) is 14.5 Å². The van der Waals surface area contributed by atoms with E-state index in [-0.39, 0.29) is 42.1 Å². The number of benzene rings is 2. The van der Waals surface area contributed by atoms with Crippen LogP contribution in [-0.2, 0) is 9.59 Å². The maximum Gasteiger partial charge on any atom is 0.242 e. The number of rotatable bonds is 6. The smallest absolute Gasteiger partial charge is 0.242 e. The Morgan fingerprint density at radius 3 is 2.19 bits per heavy atom. The van der Waals surface area contributed by atoms with Gasteiger partial charge in [-0.05, 0) is 60.6 Å². The van der Waals surface area contributed by atoms with E-state index in [1.807, 2.05) is 9.80 Å². The lowest BCUT2D eigenvalue weighted by atomic mass is 9.96. The second-order valence-electron chi connectivity index (χ2n) is 10.4. The summed E-state index contributed by atoms with van der Waals surface area (Å²) in [7, 11) is 0. The van der Waals surface area contributed by atoms with Gasteiger partial charge in [0.2, 0.25) is 11.8 Å². The van der Waals surface area contributed by atoms with Crippen LogP contribution in [-0.4, -0.2) is 69.8 Å². The molecule has 0 aromatic heterocycles. The van der Waals surface area contributed by atoms with Crippen LogP contribution in [0.25, 0.3) is 0 Å². The molecule has 3 aliphatic heterocycles. The van der Waals surface area contributed by atoms with Gasteiger partial charge in [-0.1, -0.05) is 24.3 Å². The second kappa shape index (κ2) is 8.64. The highest BCUT2D eigenvalue weighted by molar-refractivity contribution is 5.87. The van der Waals surface area contributed by atoms with Crippen molar-refractivity contribution >= 4 is 11.8 Å². The van der Waals surface area contributed by atoms with E-state index in [1.165, 1.54) is 24.3 Å². The van der Waals surface area contributed by atoms with Crippen molar-refractivity contribution in [3.05, 3.63) is 71.3 Å². The van der Waals surface area contributed by atoms with E-state index < -0.39 is 24.2 Å². The third kappa shape index (κ3) is 3.76. The third-order valence-electron chi connectivity index (χ3n) is 8.22. The largest absolute Gasteiger partial charge is 0.326 e. The molecular weight excluding hydrogens is 464 g/mol. The molecule has 7 nitrogen and oxygen atoms in total. The number of piperidine rings is 1. The molecule has 1 unspecified atom stereocenters. The van der Waals surface area contributed by atoms with E-state index in [0.29, 0.717) is 18.9 Å². The van der Waals surface area contributed by atoms with Crippen molar-refractivity contribution in [1.29, 1.82) is 5.26 Å². The number of halogens is 2. The molecule has 6 rings (SSSR count). The Morgan fingerprint density at radius 2 is 1.64 bits per heavy atom. The van der Waals surface area contributed by atoms with Crippen LogP contribution >= 0.6 is 0 Å². The molecule has 4 aliphatic rings. The van der Waals surface area contributed by atoms with Gasteiger partial charge in [0.15, 0.2) is 0 Å². The number of nitrogens with zero attached hydrogens (tertiary/aromatic N) is 4. The summed E-state index contributed by atoms with van der Waals surface area (Å²) in [6.45, 7) is 0.813. The van der Waals surface area contributed by atoms with Crippen molar-refractivity contribution in [3.8, 4) is 6.07 Å². The number of fused-ring (bicyclic) bond motifs is 3. The van der Waals surface area contributed by atoms with Gasteiger partial charge in [0.1, 0.15) is 17.7 Å². The Hall–Kier alpha value is -3.35. The molecule has 2 amide bonds. The summed E-state index contributed by atoms with van der Waals surface area (Å²) < 4.78 is 27.3. The monoisotopic (exact) mass is 491 g/mol. The van der Waals surface area contributed by atoms with Gasteiger partial charge in [0.05, 0.1) is 24.2 Å². The molecule has 0 radical (unpaired) electrons. The molecule has 2 bridgehead atoms. The zero-order chi connectivity index (χ0) is 25.1. The number of hydrogen-bond acceptors (Lipinski definition) is 5. The molecule has 36 heavy (non-hydrogen) atoms. The molecule has 1 saturated carbocycles. The number of carbonyl (C=O) groups is 2.